The van der Waals surface area contributed by atoms with Crippen LogP contribution >= 0.6 is 11.6 Å². The predicted octanol–water partition coefficient (Wildman–Crippen LogP) is 6.63. The molecule has 0 aliphatic carbocycles. The highest BCUT2D eigenvalue weighted by atomic mass is 35.5. The van der Waals surface area contributed by atoms with Crippen molar-refractivity contribution < 1.29 is 17.9 Å². The van der Waals surface area contributed by atoms with Gasteiger partial charge in [-0.15, -0.1) is 0 Å². The van der Waals surface area contributed by atoms with Crippen LogP contribution in [0.3, 0.4) is 0 Å². The van der Waals surface area contributed by atoms with Gasteiger partial charge < -0.3 is 10.1 Å². The third-order valence-corrected chi connectivity index (χ3v) is 5.45. The van der Waals surface area contributed by atoms with Gasteiger partial charge in [0.2, 0.25) is 0 Å². The summed E-state index contributed by atoms with van der Waals surface area (Å²) in [7, 11) is 1.48. The van der Waals surface area contributed by atoms with Crippen molar-refractivity contribution in [2.75, 3.05) is 32.1 Å². The van der Waals surface area contributed by atoms with Crippen molar-refractivity contribution in [1.82, 2.24) is 9.88 Å². The number of fused-ring (bicyclic) bond motifs is 1. The molecular weight excluding hydrogens is 439 g/mol. The maximum Gasteiger partial charge on any atom is 0.416 e. The number of nitrogens with one attached hydrogen (secondary N) is 1. The Morgan fingerprint density at radius 3 is 2.62 bits per heavy atom. The molecule has 0 radical (unpaired) electrons. The molecule has 0 aliphatic heterocycles. The van der Waals surface area contributed by atoms with E-state index in [-0.39, 0.29) is 0 Å². The number of pyridine rings is 1. The van der Waals surface area contributed by atoms with Gasteiger partial charge in [0.25, 0.3) is 0 Å². The van der Waals surface area contributed by atoms with Gasteiger partial charge in [-0.05, 0) is 61.9 Å². The quantitative estimate of drug-likeness (QED) is 0.341. The van der Waals surface area contributed by atoms with Crippen LogP contribution in [-0.2, 0) is 12.7 Å². The van der Waals surface area contributed by atoms with Crippen LogP contribution in [0.15, 0.2) is 48.7 Å². The number of methoxy groups -OCH3 is 1. The number of ether oxygens (including phenoxy) is 1. The highest BCUT2D eigenvalue weighted by Gasteiger charge is 2.31. The Balaban J connectivity index is 1.63. The van der Waals surface area contributed by atoms with Crippen molar-refractivity contribution in [2.45, 2.75) is 32.5 Å². The first-order valence-electron chi connectivity index (χ1n) is 10.6. The van der Waals surface area contributed by atoms with Gasteiger partial charge in [0.15, 0.2) is 0 Å². The summed E-state index contributed by atoms with van der Waals surface area (Å²) in [5, 5.41) is 5.07. The number of anilines is 1. The van der Waals surface area contributed by atoms with Gasteiger partial charge in [-0.2, -0.15) is 13.2 Å². The summed E-state index contributed by atoms with van der Waals surface area (Å²) >= 11 is 6.05. The Bertz CT molecular complexity index is 1040. The van der Waals surface area contributed by atoms with E-state index in [0.717, 1.165) is 55.1 Å². The average Bonchev–Trinajstić information content (AvgIpc) is 2.75. The van der Waals surface area contributed by atoms with Crippen LogP contribution in [0.4, 0.5) is 18.9 Å². The lowest BCUT2D eigenvalue weighted by molar-refractivity contribution is -0.137. The zero-order chi connectivity index (χ0) is 23.1. The van der Waals surface area contributed by atoms with Gasteiger partial charge in [0.05, 0.1) is 18.2 Å². The Labute approximate surface area is 191 Å². The minimum atomic E-state index is -4.38. The number of benzene rings is 2. The Morgan fingerprint density at radius 2 is 1.91 bits per heavy atom. The summed E-state index contributed by atoms with van der Waals surface area (Å²) in [6.07, 6.45) is -0.897. The van der Waals surface area contributed by atoms with E-state index in [9.17, 15) is 13.2 Å². The number of hydrogen-bond donors (Lipinski definition) is 1. The number of halogens is 4. The molecule has 0 atom stereocenters. The van der Waals surface area contributed by atoms with Crippen molar-refractivity contribution >= 4 is 28.2 Å². The summed E-state index contributed by atoms with van der Waals surface area (Å²) in [4.78, 5) is 6.50. The lowest BCUT2D eigenvalue weighted by Gasteiger charge is -2.23. The second-order valence-corrected chi connectivity index (χ2v) is 8.04. The number of nitrogens with zero attached hydrogens (tertiary/aromatic N) is 2. The van der Waals surface area contributed by atoms with Gasteiger partial charge in [-0.3, -0.25) is 9.88 Å². The molecule has 0 bridgehead atoms. The number of rotatable bonds is 10. The molecule has 1 N–H and O–H groups in total. The lowest BCUT2D eigenvalue weighted by Crippen LogP contribution is -2.27. The van der Waals surface area contributed by atoms with Crippen LogP contribution in [0.2, 0.25) is 5.02 Å². The first-order chi connectivity index (χ1) is 15.3. The summed E-state index contributed by atoms with van der Waals surface area (Å²) in [5.41, 5.74) is 1.69. The van der Waals surface area contributed by atoms with Crippen LogP contribution < -0.4 is 10.1 Å². The first-order valence-corrected chi connectivity index (χ1v) is 10.9. The molecule has 0 fully saturated rings. The molecule has 0 aliphatic rings. The van der Waals surface area contributed by atoms with E-state index < -0.39 is 11.7 Å². The molecule has 0 saturated heterocycles. The van der Waals surface area contributed by atoms with Crippen LogP contribution in [0.1, 0.15) is 30.9 Å². The maximum absolute atomic E-state index is 13.2. The van der Waals surface area contributed by atoms with Gasteiger partial charge in [0, 0.05) is 47.5 Å². The van der Waals surface area contributed by atoms with Crippen molar-refractivity contribution in [3.8, 4) is 5.75 Å². The maximum atomic E-state index is 13.2. The van der Waals surface area contributed by atoms with Gasteiger partial charge in [0.1, 0.15) is 5.75 Å². The number of alkyl halides is 3. The topological polar surface area (TPSA) is 37.4 Å². The molecule has 0 spiro atoms. The predicted molar refractivity (Wildman–Crippen MR) is 123 cm³/mol. The minimum absolute atomic E-state index is 0.400. The molecule has 3 aromatic rings. The van der Waals surface area contributed by atoms with E-state index in [2.05, 4.69) is 22.1 Å². The lowest BCUT2D eigenvalue weighted by atomic mass is 10.1. The molecule has 4 nitrogen and oxygen atoms in total. The number of hydrogen-bond acceptors (Lipinski definition) is 4. The molecule has 8 heteroatoms. The van der Waals surface area contributed by atoms with Gasteiger partial charge in [-0.1, -0.05) is 18.5 Å². The Hall–Kier alpha value is -2.51. The molecule has 172 valence electrons. The summed E-state index contributed by atoms with van der Waals surface area (Å²) in [5.74, 6) is 0.471. The second-order valence-electron chi connectivity index (χ2n) is 7.60. The highest BCUT2D eigenvalue weighted by Crippen LogP contribution is 2.33. The molecule has 1 heterocycles. The fourth-order valence-electron chi connectivity index (χ4n) is 3.71. The SMILES string of the molecule is CCCN(CCCNc1ccnc2cc(Cl)ccc12)Cc1cc(C(F)(F)F)ccc1OC. The highest BCUT2D eigenvalue weighted by molar-refractivity contribution is 6.31. The third-order valence-electron chi connectivity index (χ3n) is 5.21. The van der Waals surface area contributed by atoms with E-state index in [1.165, 1.54) is 19.2 Å². The van der Waals surface area contributed by atoms with Crippen LogP contribution in [0.25, 0.3) is 10.9 Å². The molecule has 2 aromatic carbocycles. The van der Waals surface area contributed by atoms with E-state index in [1.807, 2.05) is 24.3 Å². The zero-order valence-corrected chi connectivity index (χ0v) is 18.9. The summed E-state index contributed by atoms with van der Waals surface area (Å²) < 4.78 is 44.8. The van der Waals surface area contributed by atoms with Crippen molar-refractivity contribution in [3.05, 3.63) is 64.8 Å². The minimum Gasteiger partial charge on any atom is -0.496 e. The van der Waals surface area contributed by atoms with E-state index in [0.29, 0.717) is 22.9 Å². The van der Waals surface area contributed by atoms with Crippen molar-refractivity contribution in [2.24, 2.45) is 0 Å². The fourth-order valence-corrected chi connectivity index (χ4v) is 3.87. The molecule has 0 amide bonds. The Kier molecular flexibility index (Phi) is 8.21. The Morgan fingerprint density at radius 1 is 1.09 bits per heavy atom. The summed E-state index contributed by atoms with van der Waals surface area (Å²) in [6.45, 7) is 4.72. The molecular formula is C24H27ClF3N3O. The molecule has 1 aromatic heterocycles. The third kappa shape index (κ3) is 6.26. The van der Waals surface area contributed by atoms with Crippen LogP contribution in [0.5, 0.6) is 5.75 Å². The van der Waals surface area contributed by atoms with Crippen molar-refractivity contribution in [3.63, 3.8) is 0 Å². The van der Waals surface area contributed by atoms with Crippen LogP contribution in [0, 0.1) is 0 Å². The first kappa shape index (κ1) is 24.1. The molecule has 3 rings (SSSR count). The van der Waals surface area contributed by atoms with Crippen molar-refractivity contribution in [1.29, 1.82) is 0 Å². The average molecular weight is 466 g/mol. The fraction of sp³-hybridized carbons (Fsp3) is 0.375. The monoisotopic (exact) mass is 465 g/mol. The van der Waals surface area contributed by atoms with Crippen LogP contribution in [-0.4, -0.2) is 36.6 Å². The molecule has 0 saturated carbocycles. The van der Waals surface area contributed by atoms with Gasteiger partial charge in [-0.25, -0.2) is 0 Å². The zero-order valence-electron chi connectivity index (χ0n) is 18.2. The standard InChI is InChI=1S/C24H27ClF3N3O/c1-3-12-31(16-17-14-18(24(26,27)28)5-8-23(17)32-2)13-4-10-29-21-9-11-30-22-15-19(25)6-7-20(21)22/h5-9,11,14-15H,3-4,10,12-13,16H2,1-2H3,(H,29,30). The smallest absolute Gasteiger partial charge is 0.416 e. The molecule has 0 unspecified atom stereocenters. The normalized spacial score (nSPS) is 11.8. The van der Waals surface area contributed by atoms with E-state index in [1.54, 1.807) is 6.20 Å². The molecule has 32 heavy (non-hydrogen) atoms. The largest absolute Gasteiger partial charge is 0.496 e. The summed E-state index contributed by atoms with van der Waals surface area (Å²) in [6, 6.07) is 11.2. The van der Waals surface area contributed by atoms with E-state index in [4.69, 9.17) is 16.3 Å². The van der Waals surface area contributed by atoms with E-state index >= 15 is 0 Å². The van der Waals surface area contributed by atoms with Gasteiger partial charge >= 0.3 is 6.18 Å². The number of aromatic nitrogens is 1. The second kappa shape index (κ2) is 10.9.